The molecule has 0 atom stereocenters. The Morgan fingerprint density at radius 1 is 1.08 bits per heavy atom. The van der Waals surface area contributed by atoms with Gasteiger partial charge in [-0.3, -0.25) is 0 Å². The average Bonchev–Trinajstić information content (AvgIpc) is 2.05. The molecular formula is C13H18. The fourth-order valence-electron chi connectivity index (χ4n) is 1.76. The average molecular weight is 174 g/mol. The van der Waals surface area contributed by atoms with E-state index in [0.29, 0.717) is 0 Å². The van der Waals surface area contributed by atoms with E-state index in [1.165, 1.54) is 35.1 Å². The van der Waals surface area contributed by atoms with Crippen molar-refractivity contribution in [1.82, 2.24) is 0 Å². The van der Waals surface area contributed by atoms with Gasteiger partial charge in [-0.25, -0.2) is 0 Å². The van der Waals surface area contributed by atoms with Gasteiger partial charge in [0.2, 0.25) is 0 Å². The molecule has 0 N–H and O–H groups in total. The van der Waals surface area contributed by atoms with Gasteiger partial charge in [0.15, 0.2) is 0 Å². The zero-order valence-corrected chi connectivity index (χ0v) is 7.72. The highest BCUT2D eigenvalue weighted by molar-refractivity contribution is 5.59. The van der Waals surface area contributed by atoms with Crippen molar-refractivity contribution in [3.63, 3.8) is 0 Å². The highest BCUT2D eigenvalue weighted by Gasteiger charge is 2.06. The van der Waals surface area contributed by atoms with E-state index >= 15 is 0 Å². The van der Waals surface area contributed by atoms with Crippen LogP contribution in [-0.4, -0.2) is 0 Å². The molecule has 1 aromatic carbocycles. The van der Waals surface area contributed by atoms with Crippen molar-refractivity contribution in [2.24, 2.45) is 0 Å². The molecular weight excluding hydrogens is 156 g/mol. The van der Waals surface area contributed by atoms with Gasteiger partial charge < -0.3 is 0 Å². The third-order valence-electron chi connectivity index (χ3n) is 2.49. The Balaban J connectivity index is 0.000000845. The van der Waals surface area contributed by atoms with E-state index < -0.39 is 0 Å². The highest BCUT2D eigenvalue weighted by Crippen LogP contribution is 2.23. The molecule has 0 fully saturated rings. The summed E-state index contributed by atoms with van der Waals surface area (Å²) >= 11 is 0. The number of aryl methyl sites for hydroxylation is 2. The van der Waals surface area contributed by atoms with Crippen molar-refractivity contribution in [3.05, 3.63) is 40.5 Å². The minimum atomic E-state index is 0. The second-order valence-corrected chi connectivity index (χ2v) is 3.69. The first-order valence-electron chi connectivity index (χ1n) is 4.52. The van der Waals surface area contributed by atoms with Crippen LogP contribution in [0.1, 0.15) is 37.5 Å². The zero-order valence-electron chi connectivity index (χ0n) is 7.72. The number of fused-ring (bicyclic) bond motifs is 1. The van der Waals surface area contributed by atoms with Crippen LogP contribution >= 0.6 is 0 Å². The summed E-state index contributed by atoms with van der Waals surface area (Å²) < 4.78 is 0. The lowest BCUT2D eigenvalue weighted by Gasteiger charge is -2.13. The van der Waals surface area contributed by atoms with Crippen LogP contribution in [0.25, 0.3) is 6.08 Å². The predicted molar refractivity (Wildman–Crippen MR) is 59.9 cm³/mol. The number of benzene rings is 1. The van der Waals surface area contributed by atoms with Gasteiger partial charge in [0.25, 0.3) is 0 Å². The molecule has 0 nitrogen and oxygen atoms in total. The third-order valence-corrected chi connectivity index (χ3v) is 2.49. The normalized spacial score (nSPS) is 14.2. The summed E-state index contributed by atoms with van der Waals surface area (Å²) in [6.45, 7) is 4.37. The van der Waals surface area contributed by atoms with E-state index in [1.807, 2.05) is 0 Å². The minimum absolute atomic E-state index is 0. The molecule has 0 heteroatoms. The maximum Gasteiger partial charge on any atom is -0.0225 e. The monoisotopic (exact) mass is 174 g/mol. The SMILES string of the molecule is C.CC1=Cc2ccc(C)cc2CC1. The molecule has 1 aliphatic rings. The van der Waals surface area contributed by atoms with Crippen LogP contribution in [0.3, 0.4) is 0 Å². The lowest BCUT2D eigenvalue weighted by molar-refractivity contribution is 0.925. The predicted octanol–water partition coefficient (Wildman–Crippen LogP) is 3.98. The lowest BCUT2D eigenvalue weighted by atomic mass is 9.92. The van der Waals surface area contributed by atoms with Crippen LogP contribution in [0.15, 0.2) is 23.8 Å². The third kappa shape index (κ3) is 2.00. The fourth-order valence-corrected chi connectivity index (χ4v) is 1.76. The quantitative estimate of drug-likeness (QED) is 0.558. The molecule has 70 valence electrons. The van der Waals surface area contributed by atoms with E-state index in [-0.39, 0.29) is 7.43 Å². The van der Waals surface area contributed by atoms with Crippen LogP contribution in [0.5, 0.6) is 0 Å². The van der Waals surface area contributed by atoms with Crippen molar-refractivity contribution in [3.8, 4) is 0 Å². The zero-order chi connectivity index (χ0) is 8.55. The number of hydrogen-bond donors (Lipinski definition) is 0. The number of allylic oxidation sites excluding steroid dienone is 1. The molecule has 0 bridgehead atoms. The van der Waals surface area contributed by atoms with Gasteiger partial charge in [0.05, 0.1) is 0 Å². The molecule has 1 aliphatic carbocycles. The first-order valence-corrected chi connectivity index (χ1v) is 4.52. The molecule has 0 spiro atoms. The number of rotatable bonds is 0. The summed E-state index contributed by atoms with van der Waals surface area (Å²) in [5.74, 6) is 0. The maximum absolute atomic E-state index is 2.30. The first-order chi connectivity index (χ1) is 5.75. The van der Waals surface area contributed by atoms with Gasteiger partial charge in [-0.2, -0.15) is 0 Å². The van der Waals surface area contributed by atoms with E-state index in [0.717, 1.165) is 0 Å². The summed E-state index contributed by atoms with van der Waals surface area (Å²) in [5.41, 5.74) is 5.82. The van der Waals surface area contributed by atoms with E-state index in [4.69, 9.17) is 0 Å². The summed E-state index contributed by atoms with van der Waals surface area (Å²) in [4.78, 5) is 0. The van der Waals surface area contributed by atoms with Crippen molar-refractivity contribution in [2.45, 2.75) is 34.1 Å². The molecule has 0 saturated heterocycles. The van der Waals surface area contributed by atoms with Crippen LogP contribution in [0, 0.1) is 6.92 Å². The Morgan fingerprint density at radius 2 is 1.85 bits per heavy atom. The van der Waals surface area contributed by atoms with Gasteiger partial charge in [-0.1, -0.05) is 42.8 Å². The summed E-state index contributed by atoms with van der Waals surface area (Å²) in [5, 5.41) is 0. The molecule has 0 radical (unpaired) electrons. The molecule has 2 rings (SSSR count). The second kappa shape index (κ2) is 3.78. The Bertz CT molecular complexity index is 332. The number of hydrogen-bond acceptors (Lipinski definition) is 0. The van der Waals surface area contributed by atoms with Crippen LogP contribution in [-0.2, 0) is 6.42 Å². The van der Waals surface area contributed by atoms with Gasteiger partial charge in [-0.05, 0) is 37.8 Å². The molecule has 0 heterocycles. The van der Waals surface area contributed by atoms with Crippen molar-refractivity contribution < 1.29 is 0 Å². The Labute approximate surface area is 81.3 Å². The van der Waals surface area contributed by atoms with Gasteiger partial charge in [-0.15, -0.1) is 0 Å². The van der Waals surface area contributed by atoms with Gasteiger partial charge in [0, 0.05) is 0 Å². The molecule has 0 saturated carbocycles. The highest BCUT2D eigenvalue weighted by atomic mass is 14.1. The van der Waals surface area contributed by atoms with Crippen molar-refractivity contribution in [1.29, 1.82) is 0 Å². The van der Waals surface area contributed by atoms with Crippen LogP contribution in [0.2, 0.25) is 0 Å². The van der Waals surface area contributed by atoms with Gasteiger partial charge >= 0.3 is 0 Å². The van der Waals surface area contributed by atoms with Crippen LogP contribution < -0.4 is 0 Å². The molecule has 1 aromatic rings. The second-order valence-electron chi connectivity index (χ2n) is 3.69. The smallest absolute Gasteiger partial charge is 0.0225 e. The van der Waals surface area contributed by atoms with E-state index in [2.05, 4.69) is 38.1 Å². The Morgan fingerprint density at radius 3 is 2.62 bits per heavy atom. The molecule has 0 unspecified atom stereocenters. The lowest BCUT2D eigenvalue weighted by Crippen LogP contribution is -1.97. The molecule has 0 amide bonds. The van der Waals surface area contributed by atoms with E-state index in [1.54, 1.807) is 0 Å². The summed E-state index contributed by atoms with van der Waals surface area (Å²) in [6.07, 6.45) is 4.76. The fraction of sp³-hybridized carbons (Fsp3) is 0.385. The topological polar surface area (TPSA) is 0 Å². The molecule has 0 aliphatic heterocycles. The summed E-state index contributed by atoms with van der Waals surface area (Å²) in [6, 6.07) is 6.72. The maximum atomic E-state index is 2.30. The summed E-state index contributed by atoms with van der Waals surface area (Å²) in [7, 11) is 0. The standard InChI is InChI=1S/C12H14.CH4/c1-9-3-5-12-8-10(2)4-6-11(12)7-9;/h3,5,7-8H,4,6H2,1-2H3;1H4. The first kappa shape index (κ1) is 10.0. The van der Waals surface area contributed by atoms with Crippen molar-refractivity contribution in [2.75, 3.05) is 0 Å². The van der Waals surface area contributed by atoms with Crippen molar-refractivity contribution >= 4 is 6.08 Å². The van der Waals surface area contributed by atoms with Gasteiger partial charge in [0.1, 0.15) is 0 Å². The largest absolute Gasteiger partial charge is 0.0776 e. The van der Waals surface area contributed by atoms with E-state index in [9.17, 15) is 0 Å². The molecule has 0 aromatic heterocycles. The Kier molecular flexibility index (Phi) is 2.92. The Hall–Kier alpha value is -1.04. The van der Waals surface area contributed by atoms with Crippen LogP contribution in [0.4, 0.5) is 0 Å². The molecule has 13 heavy (non-hydrogen) atoms. The minimum Gasteiger partial charge on any atom is -0.0776 e.